The van der Waals surface area contributed by atoms with Crippen LogP contribution in [0.25, 0.3) is 16.5 Å². The molecule has 0 aliphatic rings. The molecule has 0 aliphatic heterocycles. The summed E-state index contributed by atoms with van der Waals surface area (Å²) < 4.78 is 20.1. The number of ether oxygens (including phenoxy) is 1. The highest BCUT2D eigenvalue weighted by molar-refractivity contribution is 7.13. The van der Waals surface area contributed by atoms with Gasteiger partial charge < -0.3 is 10.1 Å². The normalized spacial score (nSPS) is 10.9. The van der Waals surface area contributed by atoms with Gasteiger partial charge in [0.1, 0.15) is 5.82 Å². The van der Waals surface area contributed by atoms with Crippen molar-refractivity contribution in [1.82, 2.24) is 25.1 Å². The van der Waals surface area contributed by atoms with E-state index in [0.29, 0.717) is 22.8 Å². The number of halogens is 1. The molecule has 1 amide bonds. The smallest absolute Gasteiger partial charge is 0.255 e. The molecule has 30 heavy (non-hydrogen) atoms. The van der Waals surface area contributed by atoms with Crippen molar-refractivity contribution in [2.45, 2.75) is 13.2 Å². The number of amides is 1. The first kappa shape index (κ1) is 19.9. The third-order valence-corrected chi connectivity index (χ3v) is 5.23. The molecule has 0 saturated carbocycles. The van der Waals surface area contributed by atoms with Gasteiger partial charge in [-0.15, -0.1) is 11.3 Å². The van der Waals surface area contributed by atoms with E-state index in [1.165, 1.54) is 30.1 Å². The minimum absolute atomic E-state index is 0.148. The van der Waals surface area contributed by atoms with Crippen molar-refractivity contribution in [1.29, 1.82) is 0 Å². The summed E-state index contributed by atoms with van der Waals surface area (Å²) in [5.74, 6) is -0.346. The Balaban J connectivity index is 1.60. The van der Waals surface area contributed by atoms with Gasteiger partial charge in [-0.1, -0.05) is 18.2 Å². The van der Waals surface area contributed by atoms with Crippen molar-refractivity contribution in [3.8, 4) is 16.5 Å². The molecule has 0 atom stereocenters. The molecule has 0 unspecified atom stereocenters. The van der Waals surface area contributed by atoms with Crippen LogP contribution in [0.5, 0.6) is 0 Å². The van der Waals surface area contributed by atoms with Crippen LogP contribution in [0.4, 0.5) is 4.39 Å². The van der Waals surface area contributed by atoms with E-state index in [0.717, 1.165) is 10.6 Å². The molecule has 0 radical (unpaired) electrons. The second-order valence-electron chi connectivity index (χ2n) is 6.38. The van der Waals surface area contributed by atoms with Crippen LogP contribution in [0, 0.1) is 5.82 Å². The van der Waals surface area contributed by atoms with E-state index in [2.05, 4.69) is 20.4 Å². The molecule has 1 aromatic carbocycles. The number of aromatic nitrogens is 4. The summed E-state index contributed by atoms with van der Waals surface area (Å²) in [5.41, 5.74) is 2.30. The highest BCUT2D eigenvalue weighted by atomic mass is 32.1. The maximum atomic E-state index is 13.3. The molecule has 0 spiro atoms. The van der Waals surface area contributed by atoms with Gasteiger partial charge in [-0.3, -0.25) is 4.79 Å². The number of carbonyl (C=O) groups excluding carboxylic acids is 1. The highest BCUT2D eigenvalue weighted by Crippen LogP contribution is 2.23. The van der Waals surface area contributed by atoms with Crippen LogP contribution < -0.4 is 5.32 Å². The lowest BCUT2D eigenvalue weighted by atomic mass is 10.2. The SMILES string of the molecule is COCc1c(C(=O)NCc2cccc(F)c2)cnn1-c1nccc(-c2cccs2)n1. The summed E-state index contributed by atoms with van der Waals surface area (Å²) in [4.78, 5) is 22.6. The maximum absolute atomic E-state index is 13.3. The molecule has 4 aromatic rings. The van der Waals surface area contributed by atoms with E-state index >= 15 is 0 Å². The van der Waals surface area contributed by atoms with Crippen molar-refractivity contribution < 1.29 is 13.9 Å². The Kier molecular flexibility index (Phi) is 5.92. The Labute approximate surface area is 176 Å². The van der Waals surface area contributed by atoms with Crippen LogP contribution in [0.2, 0.25) is 0 Å². The molecule has 1 N–H and O–H groups in total. The number of hydrogen-bond acceptors (Lipinski definition) is 6. The molecule has 0 bridgehead atoms. The number of benzene rings is 1. The van der Waals surface area contributed by atoms with Crippen molar-refractivity contribution in [2.75, 3.05) is 7.11 Å². The van der Waals surface area contributed by atoms with E-state index in [4.69, 9.17) is 4.74 Å². The van der Waals surface area contributed by atoms with E-state index in [1.54, 1.807) is 29.7 Å². The number of carbonyl (C=O) groups is 1. The van der Waals surface area contributed by atoms with Crippen LogP contribution in [0.3, 0.4) is 0 Å². The van der Waals surface area contributed by atoms with Gasteiger partial charge in [0.2, 0.25) is 0 Å². The monoisotopic (exact) mass is 423 g/mol. The number of nitrogens with zero attached hydrogens (tertiary/aromatic N) is 4. The van der Waals surface area contributed by atoms with Gasteiger partial charge in [-0.05, 0) is 35.2 Å². The summed E-state index contributed by atoms with van der Waals surface area (Å²) in [5, 5.41) is 9.07. The lowest BCUT2D eigenvalue weighted by Crippen LogP contribution is -2.24. The molecule has 4 rings (SSSR count). The van der Waals surface area contributed by atoms with Gasteiger partial charge in [-0.2, -0.15) is 9.78 Å². The first-order valence-corrected chi connectivity index (χ1v) is 9.99. The van der Waals surface area contributed by atoms with Gasteiger partial charge in [0.05, 0.1) is 34.6 Å². The Hall–Kier alpha value is -3.43. The summed E-state index contributed by atoms with van der Waals surface area (Å²) in [6.45, 7) is 0.341. The number of hydrogen-bond donors (Lipinski definition) is 1. The van der Waals surface area contributed by atoms with Gasteiger partial charge in [-0.25, -0.2) is 14.4 Å². The average molecular weight is 423 g/mol. The minimum atomic E-state index is -0.350. The zero-order valence-electron chi connectivity index (χ0n) is 16.1. The van der Waals surface area contributed by atoms with Crippen LogP contribution >= 0.6 is 11.3 Å². The minimum Gasteiger partial charge on any atom is -0.378 e. The lowest BCUT2D eigenvalue weighted by Gasteiger charge is -2.09. The van der Waals surface area contributed by atoms with Gasteiger partial charge in [0.15, 0.2) is 0 Å². The molecule has 0 aliphatic carbocycles. The second-order valence-corrected chi connectivity index (χ2v) is 7.33. The number of thiophene rings is 1. The van der Waals surface area contributed by atoms with Gasteiger partial charge >= 0.3 is 0 Å². The second kappa shape index (κ2) is 8.93. The quantitative estimate of drug-likeness (QED) is 0.491. The predicted octanol–water partition coefficient (Wildman–Crippen LogP) is 3.61. The van der Waals surface area contributed by atoms with Crippen LogP contribution in [0.15, 0.2) is 60.2 Å². The molecule has 152 valence electrons. The standard InChI is InChI=1S/C21H18FN5O2S/c1-29-13-18-16(20(28)24-11-14-4-2-5-15(22)10-14)12-25-27(18)21-23-8-7-17(26-21)19-6-3-9-30-19/h2-10,12H,11,13H2,1H3,(H,24,28). The van der Waals surface area contributed by atoms with Gasteiger partial charge in [0, 0.05) is 19.9 Å². The topological polar surface area (TPSA) is 81.9 Å². The van der Waals surface area contributed by atoms with E-state index < -0.39 is 0 Å². The largest absolute Gasteiger partial charge is 0.378 e. The number of nitrogens with one attached hydrogen (secondary N) is 1. The molecular formula is C21H18FN5O2S. The zero-order chi connectivity index (χ0) is 20.9. The summed E-state index contributed by atoms with van der Waals surface area (Å²) >= 11 is 1.57. The first-order chi connectivity index (χ1) is 14.7. The molecule has 0 fully saturated rings. The van der Waals surface area contributed by atoms with Crippen LogP contribution in [-0.2, 0) is 17.9 Å². The Bertz CT molecular complexity index is 1160. The fourth-order valence-corrected chi connectivity index (χ4v) is 3.64. The third kappa shape index (κ3) is 4.27. The molecule has 7 nitrogen and oxygen atoms in total. The van der Waals surface area contributed by atoms with E-state index in [9.17, 15) is 9.18 Å². The first-order valence-electron chi connectivity index (χ1n) is 9.11. The number of methoxy groups -OCH3 is 1. The van der Waals surface area contributed by atoms with Crippen molar-refractivity contribution in [3.63, 3.8) is 0 Å². The fraction of sp³-hybridized carbons (Fsp3) is 0.143. The molecule has 9 heteroatoms. The fourth-order valence-electron chi connectivity index (χ4n) is 2.95. The van der Waals surface area contributed by atoms with Crippen molar-refractivity contribution in [3.05, 3.63) is 82.9 Å². The Morgan fingerprint density at radius 1 is 1.27 bits per heavy atom. The summed E-state index contributed by atoms with van der Waals surface area (Å²) in [7, 11) is 1.54. The van der Waals surface area contributed by atoms with E-state index in [1.807, 2.05) is 23.6 Å². The summed E-state index contributed by atoms with van der Waals surface area (Å²) in [6.07, 6.45) is 3.11. The molecule has 0 saturated heterocycles. The van der Waals surface area contributed by atoms with Gasteiger partial charge in [0.25, 0.3) is 11.9 Å². The third-order valence-electron chi connectivity index (χ3n) is 4.34. The van der Waals surface area contributed by atoms with Crippen LogP contribution in [0.1, 0.15) is 21.6 Å². The Morgan fingerprint density at radius 2 is 2.17 bits per heavy atom. The van der Waals surface area contributed by atoms with Crippen molar-refractivity contribution in [2.24, 2.45) is 0 Å². The van der Waals surface area contributed by atoms with Crippen LogP contribution in [-0.4, -0.2) is 32.8 Å². The lowest BCUT2D eigenvalue weighted by molar-refractivity contribution is 0.0945. The molecular weight excluding hydrogens is 405 g/mol. The van der Waals surface area contributed by atoms with E-state index in [-0.39, 0.29) is 24.9 Å². The van der Waals surface area contributed by atoms with Crippen molar-refractivity contribution >= 4 is 17.2 Å². The predicted molar refractivity (Wildman–Crippen MR) is 111 cm³/mol. The highest BCUT2D eigenvalue weighted by Gasteiger charge is 2.20. The number of rotatable bonds is 7. The molecule has 3 aromatic heterocycles. The maximum Gasteiger partial charge on any atom is 0.255 e. The average Bonchev–Trinajstić information content (AvgIpc) is 3.43. The Morgan fingerprint density at radius 3 is 2.93 bits per heavy atom. The summed E-state index contributed by atoms with van der Waals surface area (Å²) in [6, 6.07) is 11.8. The molecule has 3 heterocycles. The zero-order valence-corrected chi connectivity index (χ0v) is 16.9.